The summed E-state index contributed by atoms with van der Waals surface area (Å²) in [4.78, 5) is 4.36. The first-order valence-electron chi connectivity index (χ1n) is 8.16. The van der Waals surface area contributed by atoms with E-state index in [1.54, 1.807) is 0 Å². The molecule has 3 rings (SSSR count). The van der Waals surface area contributed by atoms with E-state index in [1.807, 2.05) is 0 Å². The number of benzene rings is 2. The highest BCUT2D eigenvalue weighted by molar-refractivity contribution is 5.54. The highest BCUT2D eigenvalue weighted by atomic mass is 14.9. The highest BCUT2D eigenvalue weighted by Gasteiger charge is 2.09. The first-order valence-corrected chi connectivity index (χ1v) is 8.16. The minimum atomic E-state index is 0.515. The summed E-state index contributed by atoms with van der Waals surface area (Å²) in [7, 11) is 0. The monoisotopic (exact) mass is 317 g/mol. The van der Waals surface area contributed by atoms with Crippen LogP contribution in [0.2, 0.25) is 0 Å². The Bertz CT molecular complexity index is 765. The fourth-order valence-electron chi connectivity index (χ4n) is 2.77. The van der Waals surface area contributed by atoms with Crippen molar-refractivity contribution in [1.82, 2.24) is 4.98 Å². The van der Waals surface area contributed by atoms with Gasteiger partial charge in [-0.05, 0) is 42.2 Å². The van der Waals surface area contributed by atoms with Crippen molar-refractivity contribution in [2.24, 2.45) is 0 Å². The van der Waals surface area contributed by atoms with Crippen molar-refractivity contribution in [3.05, 3.63) is 88.0 Å². The molecule has 0 unspecified atom stereocenters. The summed E-state index contributed by atoms with van der Waals surface area (Å²) in [6.07, 6.45) is 1.53. The highest BCUT2D eigenvalue weighted by Crippen LogP contribution is 2.23. The van der Waals surface area contributed by atoms with Crippen molar-refractivity contribution in [2.75, 3.05) is 11.5 Å². The van der Waals surface area contributed by atoms with E-state index in [1.165, 1.54) is 22.3 Å². The minimum Gasteiger partial charge on any atom is -0.383 e. The van der Waals surface area contributed by atoms with Gasteiger partial charge >= 0.3 is 0 Å². The molecule has 0 fully saturated rings. The molecule has 3 nitrogen and oxygen atoms in total. The molecule has 1 aromatic heterocycles. The van der Waals surface area contributed by atoms with Gasteiger partial charge < -0.3 is 11.5 Å². The molecule has 1 heterocycles. The van der Waals surface area contributed by atoms with Gasteiger partial charge in [-0.15, -0.1) is 0 Å². The van der Waals surface area contributed by atoms with Gasteiger partial charge in [-0.3, -0.25) is 0 Å². The molecule has 0 aliphatic rings. The summed E-state index contributed by atoms with van der Waals surface area (Å²) in [5.74, 6) is 1.03. The first-order chi connectivity index (χ1) is 11.5. The number of hydrogen-bond donors (Lipinski definition) is 2. The van der Waals surface area contributed by atoms with E-state index in [-0.39, 0.29) is 0 Å². The van der Waals surface area contributed by atoms with Gasteiger partial charge in [0, 0.05) is 12.8 Å². The number of nitrogens with zero attached hydrogens (tertiary/aromatic N) is 1. The van der Waals surface area contributed by atoms with E-state index in [0.717, 1.165) is 24.0 Å². The lowest BCUT2D eigenvalue weighted by Crippen LogP contribution is -2.06. The maximum atomic E-state index is 6.09. The fourth-order valence-corrected chi connectivity index (χ4v) is 2.77. The summed E-state index contributed by atoms with van der Waals surface area (Å²) in [6, 6.07) is 19.1. The Morgan fingerprint density at radius 2 is 1.04 bits per heavy atom. The van der Waals surface area contributed by atoms with E-state index >= 15 is 0 Å². The lowest BCUT2D eigenvalue weighted by atomic mass is 9.99. The summed E-state index contributed by atoms with van der Waals surface area (Å²) < 4.78 is 0. The standard InChI is InChI=1S/C21H23N3/c1-14-3-7-16(8-4-14)11-18-13-19(21(23)24-20(18)22)12-17-9-5-15(2)6-10-17/h3-10,13H,11-12H2,1-2H3,(H4,22,23,24). The average molecular weight is 317 g/mol. The third-order valence-corrected chi connectivity index (χ3v) is 4.28. The number of aromatic nitrogens is 1. The molecule has 122 valence electrons. The maximum Gasteiger partial charge on any atom is 0.129 e. The van der Waals surface area contributed by atoms with Crippen molar-refractivity contribution in [2.45, 2.75) is 26.7 Å². The van der Waals surface area contributed by atoms with Gasteiger partial charge in [0.2, 0.25) is 0 Å². The smallest absolute Gasteiger partial charge is 0.129 e. The van der Waals surface area contributed by atoms with Crippen molar-refractivity contribution >= 4 is 11.6 Å². The summed E-state index contributed by atoms with van der Waals surface area (Å²) in [6.45, 7) is 4.17. The zero-order valence-electron chi connectivity index (χ0n) is 14.2. The Balaban J connectivity index is 1.87. The lowest BCUT2D eigenvalue weighted by molar-refractivity contribution is 1.10. The van der Waals surface area contributed by atoms with Crippen LogP contribution < -0.4 is 11.5 Å². The Hall–Kier alpha value is -2.81. The topological polar surface area (TPSA) is 64.9 Å². The lowest BCUT2D eigenvalue weighted by Gasteiger charge is -2.12. The van der Waals surface area contributed by atoms with Crippen molar-refractivity contribution in [1.29, 1.82) is 0 Å². The second-order valence-corrected chi connectivity index (χ2v) is 6.40. The second-order valence-electron chi connectivity index (χ2n) is 6.40. The summed E-state index contributed by atoms with van der Waals surface area (Å²) in [5.41, 5.74) is 19.2. The Kier molecular flexibility index (Phi) is 4.52. The molecule has 0 radical (unpaired) electrons. The molecule has 0 aliphatic heterocycles. The number of anilines is 2. The molecule has 0 spiro atoms. The molecule has 0 amide bonds. The van der Waals surface area contributed by atoms with Gasteiger partial charge in [0.15, 0.2) is 0 Å². The van der Waals surface area contributed by atoms with E-state index in [4.69, 9.17) is 11.5 Å². The van der Waals surface area contributed by atoms with E-state index in [9.17, 15) is 0 Å². The van der Waals surface area contributed by atoms with Crippen LogP contribution in [0.15, 0.2) is 54.6 Å². The van der Waals surface area contributed by atoms with Crippen molar-refractivity contribution < 1.29 is 0 Å². The molecule has 0 atom stereocenters. The van der Waals surface area contributed by atoms with Crippen LogP contribution in [-0.2, 0) is 12.8 Å². The Labute approximate surface area is 143 Å². The van der Waals surface area contributed by atoms with Crippen LogP contribution in [0.1, 0.15) is 33.4 Å². The van der Waals surface area contributed by atoms with Crippen molar-refractivity contribution in [3.8, 4) is 0 Å². The largest absolute Gasteiger partial charge is 0.383 e. The number of nitrogens with two attached hydrogens (primary N) is 2. The Morgan fingerprint density at radius 3 is 1.42 bits per heavy atom. The van der Waals surface area contributed by atoms with Crippen LogP contribution in [0.5, 0.6) is 0 Å². The average Bonchev–Trinajstić information content (AvgIpc) is 2.56. The van der Waals surface area contributed by atoms with E-state index < -0.39 is 0 Å². The molecule has 0 saturated heterocycles. The van der Waals surface area contributed by atoms with E-state index in [0.29, 0.717) is 11.6 Å². The molecule has 2 aromatic carbocycles. The van der Waals surface area contributed by atoms with Crippen LogP contribution in [-0.4, -0.2) is 4.98 Å². The third kappa shape index (κ3) is 3.74. The minimum absolute atomic E-state index is 0.515. The van der Waals surface area contributed by atoms with Crippen LogP contribution in [0, 0.1) is 13.8 Å². The predicted molar refractivity (Wildman–Crippen MR) is 101 cm³/mol. The van der Waals surface area contributed by atoms with Gasteiger partial charge in [-0.2, -0.15) is 0 Å². The molecule has 0 bridgehead atoms. The van der Waals surface area contributed by atoms with Gasteiger partial charge in [0.05, 0.1) is 0 Å². The summed E-state index contributed by atoms with van der Waals surface area (Å²) >= 11 is 0. The molecule has 0 aliphatic carbocycles. The first kappa shape index (κ1) is 16.1. The van der Waals surface area contributed by atoms with Crippen LogP contribution in [0.3, 0.4) is 0 Å². The SMILES string of the molecule is Cc1ccc(Cc2cc(Cc3ccc(C)cc3)c(N)nc2N)cc1. The maximum absolute atomic E-state index is 6.09. The number of pyridine rings is 1. The molecular formula is C21H23N3. The quantitative estimate of drug-likeness (QED) is 0.763. The zero-order chi connectivity index (χ0) is 17.1. The van der Waals surface area contributed by atoms with Crippen molar-refractivity contribution in [3.63, 3.8) is 0 Å². The predicted octanol–water partition coefficient (Wildman–Crippen LogP) is 4.04. The number of rotatable bonds is 4. The number of hydrogen-bond acceptors (Lipinski definition) is 3. The molecule has 0 saturated carbocycles. The molecule has 3 aromatic rings. The second kappa shape index (κ2) is 6.75. The number of aryl methyl sites for hydroxylation is 2. The van der Waals surface area contributed by atoms with Crippen LogP contribution in [0.25, 0.3) is 0 Å². The molecule has 3 heteroatoms. The van der Waals surface area contributed by atoms with Gasteiger partial charge in [-0.1, -0.05) is 59.7 Å². The van der Waals surface area contributed by atoms with Crippen LogP contribution in [0.4, 0.5) is 11.6 Å². The van der Waals surface area contributed by atoms with Gasteiger partial charge in [0.25, 0.3) is 0 Å². The molecular weight excluding hydrogens is 294 g/mol. The fraction of sp³-hybridized carbons (Fsp3) is 0.190. The number of nitrogen functional groups attached to an aromatic ring is 2. The van der Waals surface area contributed by atoms with Gasteiger partial charge in [0.1, 0.15) is 11.6 Å². The third-order valence-electron chi connectivity index (χ3n) is 4.28. The zero-order valence-corrected chi connectivity index (χ0v) is 14.2. The van der Waals surface area contributed by atoms with Crippen LogP contribution >= 0.6 is 0 Å². The molecule has 24 heavy (non-hydrogen) atoms. The van der Waals surface area contributed by atoms with Gasteiger partial charge in [-0.25, -0.2) is 4.98 Å². The normalized spacial score (nSPS) is 10.8. The summed E-state index contributed by atoms with van der Waals surface area (Å²) in [5, 5.41) is 0. The Morgan fingerprint density at radius 1 is 0.667 bits per heavy atom. The molecule has 4 N–H and O–H groups in total. The van der Waals surface area contributed by atoms with E-state index in [2.05, 4.69) is 73.4 Å².